The van der Waals surface area contributed by atoms with Crippen molar-refractivity contribution in [2.24, 2.45) is 23.2 Å². The van der Waals surface area contributed by atoms with E-state index in [1.807, 2.05) is 6.92 Å². The zero-order valence-electron chi connectivity index (χ0n) is 31.7. The normalized spacial score (nSPS) is 30.9. The van der Waals surface area contributed by atoms with Gasteiger partial charge in [-0.2, -0.15) is 0 Å². The second kappa shape index (κ2) is 14.7. The number of allylic oxidation sites excluding steroid dienone is 3. The van der Waals surface area contributed by atoms with Gasteiger partial charge < -0.3 is 13.6 Å². The van der Waals surface area contributed by atoms with Gasteiger partial charge in [0, 0.05) is 12.8 Å². The highest BCUT2D eigenvalue weighted by molar-refractivity contribution is 6.74. The van der Waals surface area contributed by atoms with Crippen molar-refractivity contribution < 1.29 is 18.4 Å². The Morgan fingerprint density at radius 1 is 1.02 bits per heavy atom. The molecule has 0 N–H and O–H groups in total. The summed E-state index contributed by atoms with van der Waals surface area (Å²) in [4.78, 5) is 11.9. The maximum atomic E-state index is 11.9. The monoisotopic (exact) mass is 658 g/mol. The molecular weight excluding hydrogens is 589 g/mol. The fourth-order valence-electron chi connectivity index (χ4n) is 7.98. The maximum Gasteiger partial charge on any atom is 0.305 e. The number of hydrogen-bond donors (Lipinski definition) is 0. The Kier molecular flexibility index (Phi) is 12.5. The first kappa shape index (κ1) is 38.5. The quantitative estimate of drug-likeness (QED) is 0.164. The van der Waals surface area contributed by atoms with Crippen molar-refractivity contribution in [1.82, 2.24) is 0 Å². The average molecular weight is 659 g/mol. The smallest absolute Gasteiger partial charge is 0.305 e. The van der Waals surface area contributed by atoms with E-state index in [0.29, 0.717) is 30.3 Å². The van der Waals surface area contributed by atoms with Crippen LogP contribution < -0.4 is 0 Å². The van der Waals surface area contributed by atoms with Crippen molar-refractivity contribution >= 4 is 22.6 Å². The van der Waals surface area contributed by atoms with Gasteiger partial charge in [-0.25, -0.2) is 0 Å². The van der Waals surface area contributed by atoms with Crippen LogP contribution in [-0.4, -0.2) is 41.4 Å². The van der Waals surface area contributed by atoms with Crippen molar-refractivity contribution in [2.75, 3.05) is 6.61 Å². The van der Waals surface area contributed by atoms with E-state index >= 15 is 0 Å². The van der Waals surface area contributed by atoms with Gasteiger partial charge in [0.2, 0.25) is 0 Å². The Morgan fingerprint density at radius 3 is 2.24 bits per heavy atom. The lowest BCUT2D eigenvalue weighted by atomic mass is 9.60. The van der Waals surface area contributed by atoms with Crippen molar-refractivity contribution in [3.63, 3.8) is 0 Å². The van der Waals surface area contributed by atoms with Gasteiger partial charge in [-0.05, 0) is 129 Å². The Hall–Kier alpha value is -0.956. The molecule has 0 bridgehead atoms. The number of hydrogen-bond acceptors (Lipinski definition) is 4. The molecule has 6 atom stereocenters. The van der Waals surface area contributed by atoms with Crippen LogP contribution in [0.2, 0.25) is 36.3 Å². The number of ether oxygens (including phenoxy) is 1. The van der Waals surface area contributed by atoms with Crippen LogP contribution >= 0.6 is 0 Å². The molecule has 0 unspecified atom stereocenters. The minimum absolute atomic E-state index is 0.0157. The maximum absolute atomic E-state index is 11.9. The molecule has 0 spiro atoms. The van der Waals surface area contributed by atoms with Crippen molar-refractivity contribution in [1.29, 1.82) is 0 Å². The van der Waals surface area contributed by atoms with Crippen molar-refractivity contribution in [2.45, 2.75) is 175 Å². The first-order valence-electron chi connectivity index (χ1n) is 18.2. The molecule has 0 radical (unpaired) electrons. The molecule has 0 aromatic heterocycles. The molecule has 3 fully saturated rings. The topological polar surface area (TPSA) is 44.8 Å². The van der Waals surface area contributed by atoms with Crippen LogP contribution in [0.5, 0.6) is 0 Å². The Morgan fingerprint density at radius 2 is 1.64 bits per heavy atom. The van der Waals surface area contributed by atoms with Gasteiger partial charge in [0.25, 0.3) is 0 Å². The molecule has 6 heteroatoms. The number of rotatable bonds is 11. The van der Waals surface area contributed by atoms with Gasteiger partial charge in [0.1, 0.15) is 0 Å². The van der Waals surface area contributed by atoms with Gasteiger partial charge in [-0.1, -0.05) is 79.7 Å². The highest BCUT2D eigenvalue weighted by atomic mass is 28.4. The van der Waals surface area contributed by atoms with Crippen LogP contribution in [0.3, 0.4) is 0 Å². The summed E-state index contributed by atoms with van der Waals surface area (Å²) in [6.07, 6.45) is 15.9. The highest BCUT2D eigenvalue weighted by Crippen LogP contribution is 2.60. The summed E-state index contributed by atoms with van der Waals surface area (Å²) in [5.74, 6) is 1.95. The number of carbonyl (C=O) groups excluding carboxylic acids is 1. The molecule has 0 aromatic carbocycles. The zero-order valence-corrected chi connectivity index (χ0v) is 33.7. The van der Waals surface area contributed by atoms with Gasteiger partial charge in [-0.15, -0.1) is 0 Å². The number of fused-ring (bicyclic) bond motifs is 1. The Bertz CT molecular complexity index is 1110. The van der Waals surface area contributed by atoms with Crippen LogP contribution in [0.25, 0.3) is 0 Å². The summed E-state index contributed by atoms with van der Waals surface area (Å²) in [6, 6.07) is 0. The van der Waals surface area contributed by atoms with Crippen molar-refractivity contribution in [3.8, 4) is 0 Å². The molecule has 0 heterocycles. The van der Waals surface area contributed by atoms with Crippen molar-refractivity contribution in [3.05, 3.63) is 35.5 Å². The molecule has 0 amide bonds. The molecule has 3 saturated carbocycles. The first-order chi connectivity index (χ1) is 20.6. The van der Waals surface area contributed by atoms with Crippen LogP contribution in [0, 0.1) is 23.2 Å². The Balaban J connectivity index is 1.84. The fraction of sp³-hybridized carbons (Fsp3) is 0.821. The minimum Gasteiger partial charge on any atom is -0.466 e. The van der Waals surface area contributed by atoms with E-state index in [4.69, 9.17) is 13.6 Å². The second-order valence-corrected chi connectivity index (χ2v) is 27.5. The van der Waals surface area contributed by atoms with Gasteiger partial charge in [0.15, 0.2) is 16.6 Å². The third kappa shape index (κ3) is 9.15. The van der Waals surface area contributed by atoms with Crippen LogP contribution in [0.1, 0.15) is 127 Å². The summed E-state index contributed by atoms with van der Waals surface area (Å²) in [5.41, 5.74) is 4.48. The lowest BCUT2D eigenvalue weighted by Crippen LogP contribution is -2.49. The SMILES string of the molecule is C=C1/C(=C/C=C2\CCC[C@]3(C)[C@@H]([C@H](C)CCCC(=O)OCC)CC[C@@H]23)C[C@H](O[Si](C)(C)C(C)(C)C)C[C@H]1O[Si](C)(C)C(C)(C)C. The minimum atomic E-state index is -1.98. The van der Waals surface area contributed by atoms with Crippen LogP contribution in [-0.2, 0) is 18.4 Å². The number of carbonyl (C=O) groups is 1. The van der Waals surface area contributed by atoms with Gasteiger partial charge in [0.05, 0.1) is 18.8 Å². The zero-order chi connectivity index (χ0) is 34.0. The average Bonchev–Trinajstić information content (AvgIpc) is 3.25. The van der Waals surface area contributed by atoms with E-state index in [9.17, 15) is 4.79 Å². The second-order valence-electron chi connectivity index (χ2n) is 18.0. The summed E-state index contributed by atoms with van der Waals surface area (Å²) in [5, 5.41) is 0.318. The lowest BCUT2D eigenvalue weighted by Gasteiger charge is -2.46. The van der Waals surface area contributed by atoms with E-state index in [1.165, 1.54) is 43.3 Å². The van der Waals surface area contributed by atoms with E-state index in [0.717, 1.165) is 31.6 Å². The molecule has 4 nitrogen and oxygen atoms in total. The molecular formula is C39H70O4Si2. The first-order valence-corrected chi connectivity index (χ1v) is 24.0. The van der Waals surface area contributed by atoms with Gasteiger partial charge >= 0.3 is 5.97 Å². The molecule has 258 valence electrons. The molecule has 0 aliphatic heterocycles. The number of esters is 1. The summed E-state index contributed by atoms with van der Waals surface area (Å²) in [6.45, 7) is 35.5. The predicted octanol–water partition coefficient (Wildman–Crippen LogP) is 11.6. The predicted molar refractivity (Wildman–Crippen MR) is 196 cm³/mol. The van der Waals surface area contributed by atoms with E-state index in [1.54, 1.807) is 5.57 Å². The highest BCUT2D eigenvalue weighted by Gasteiger charge is 2.50. The largest absolute Gasteiger partial charge is 0.466 e. The molecule has 0 saturated heterocycles. The Labute approximate surface area is 280 Å². The summed E-state index contributed by atoms with van der Waals surface area (Å²) < 4.78 is 19.3. The molecule has 3 rings (SSSR count). The van der Waals surface area contributed by atoms with Crippen LogP contribution in [0.4, 0.5) is 0 Å². The summed E-state index contributed by atoms with van der Waals surface area (Å²) in [7, 11) is -3.92. The molecule has 3 aliphatic rings. The third-order valence-electron chi connectivity index (χ3n) is 12.8. The van der Waals surface area contributed by atoms with E-state index < -0.39 is 16.6 Å². The van der Waals surface area contributed by atoms with E-state index in [-0.39, 0.29) is 28.3 Å². The van der Waals surface area contributed by atoms with Crippen LogP contribution in [0.15, 0.2) is 35.5 Å². The standard InChI is InChI=1S/C39H70O4Si2/c1-15-41-36(40)20-16-18-28(2)33-23-24-34-30(19-17-25-39(33,34)10)21-22-31-26-32(42-44(11,12)37(4,5)6)27-35(29(31)3)43-45(13,14)38(7,8)9/h21-22,28,32-35H,3,15-20,23-27H2,1-2,4-14H3/b30-21+,31-22+/t28-,32+,33-,34+,35-,39-/m1/s1. The molecule has 0 aromatic rings. The fourth-order valence-corrected chi connectivity index (χ4v) is 10.7. The third-order valence-corrected chi connectivity index (χ3v) is 21.8. The lowest BCUT2D eigenvalue weighted by molar-refractivity contribution is -0.143. The molecule has 3 aliphatic carbocycles. The summed E-state index contributed by atoms with van der Waals surface area (Å²) >= 11 is 0. The van der Waals surface area contributed by atoms with E-state index in [2.05, 4.69) is 100 Å². The van der Waals surface area contributed by atoms with Gasteiger partial charge in [-0.3, -0.25) is 4.79 Å². The molecule has 45 heavy (non-hydrogen) atoms.